The quantitative estimate of drug-likeness (QED) is 0.813. The van der Waals surface area contributed by atoms with Crippen molar-refractivity contribution in [1.29, 1.82) is 0 Å². The van der Waals surface area contributed by atoms with Crippen LogP contribution in [-0.4, -0.2) is 48.3 Å². The van der Waals surface area contributed by atoms with Crippen LogP contribution in [-0.2, 0) is 4.79 Å². The second kappa shape index (κ2) is 8.30. The topological polar surface area (TPSA) is 52.7 Å². The van der Waals surface area contributed by atoms with E-state index in [1.54, 1.807) is 6.92 Å². The van der Waals surface area contributed by atoms with E-state index in [1.165, 1.54) is 0 Å². The summed E-state index contributed by atoms with van der Waals surface area (Å²) in [4.78, 5) is 29.3. The number of carbonyl (C=O) groups excluding carboxylic acids is 2. The summed E-state index contributed by atoms with van der Waals surface area (Å²) in [6, 6.07) is 5.64. The van der Waals surface area contributed by atoms with Crippen LogP contribution in [0.3, 0.4) is 0 Å². The number of alkyl halides is 1. The lowest BCUT2D eigenvalue weighted by molar-refractivity contribution is -0.115. The lowest BCUT2D eigenvalue weighted by Crippen LogP contribution is -2.36. The first-order chi connectivity index (χ1) is 12.5. The number of amides is 2. The molecule has 2 aliphatic heterocycles. The normalized spacial score (nSPS) is 19.5. The Bertz CT molecular complexity index is 663. The Morgan fingerprint density at radius 3 is 2.42 bits per heavy atom. The molecule has 26 heavy (non-hydrogen) atoms. The molecule has 0 saturated carbocycles. The van der Waals surface area contributed by atoms with Crippen LogP contribution < -0.4 is 10.2 Å². The molecule has 1 aromatic carbocycles. The third kappa shape index (κ3) is 4.32. The van der Waals surface area contributed by atoms with Crippen molar-refractivity contribution in [3.8, 4) is 0 Å². The fourth-order valence-electron chi connectivity index (χ4n) is 3.64. The summed E-state index contributed by atoms with van der Waals surface area (Å²) in [6.45, 7) is 7.46. The van der Waals surface area contributed by atoms with E-state index in [0.29, 0.717) is 11.3 Å². The van der Waals surface area contributed by atoms with Crippen molar-refractivity contribution in [3.63, 3.8) is 0 Å². The van der Waals surface area contributed by atoms with Crippen molar-refractivity contribution in [2.45, 2.75) is 44.9 Å². The van der Waals surface area contributed by atoms with Gasteiger partial charge in [0.25, 0.3) is 5.91 Å². The molecule has 142 valence electrons. The van der Waals surface area contributed by atoms with Crippen LogP contribution in [0.15, 0.2) is 18.2 Å². The molecule has 2 aliphatic rings. The second-order valence-corrected chi connectivity index (χ2v) is 8.16. The Labute approximate surface area is 160 Å². The average molecular weight is 378 g/mol. The number of hydrogen-bond donors (Lipinski definition) is 1. The zero-order chi connectivity index (χ0) is 18.7. The third-order valence-corrected chi connectivity index (χ3v) is 5.57. The standard InChI is InChI=1S/C20H28ClN3O2/c1-14-7-11-23(12-8-14)18-6-5-16(22-19(25)15(2)21)13-17(18)20(26)24-9-3-4-10-24/h5-6,13-15H,3-4,7-12H2,1-2H3,(H,22,25). The summed E-state index contributed by atoms with van der Waals surface area (Å²) in [7, 11) is 0. The molecule has 6 heteroatoms. The van der Waals surface area contributed by atoms with Gasteiger partial charge < -0.3 is 15.1 Å². The van der Waals surface area contributed by atoms with E-state index < -0.39 is 5.38 Å². The first-order valence-electron chi connectivity index (χ1n) is 9.59. The minimum Gasteiger partial charge on any atom is -0.371 e. The monoisotopic (exact) mass is 377 g/mol. The van der Waals surface area contributed by atoms with Crippen LogP contribution in [0.25, 0.3) is 0 Å². The molecular formula is C20H28ClN3O2. The van der Waals surface area contributed by atoms with Crippen LogP contribution in [0.2, 0.25) is 0 Å². The van der Waals surface area contributed by atoms with Gasteiger partial charge in [0.15, 0.2) is 0 Å². The maximum Gasteiger partial charge on any atom is 0.256 e. The number of halogens is 1. The highest BCUT2D eigenvalue weighted by Gasteiger charge is 2.26. The van der Waals surface area contributed by atoms with Crippen molar-refractivity contribution in [2.75, 3.05) is 36.4 Å². The number of likely N-dealkylation sites (tertiary alicyclic amines) is 1. The zero-order valence-electron chi connectivity index (χ0n) is 15.6. The van der Waals surface area contributed by atoms with Crippen molar-refractivity contribution in [3.05, 3.63) is 23.8 Å². The van der Waals surface area contributed by atoms with Crippen molar-refractivity contribution < 1.29 is 9.59 Å². The number of anilines is 2. The van der Waals surface area contributed by atoms with Gasteiger partial charge >= 0.3 is 0 Å². The Balaban J connectivity index is 1.89. The molecule has 1 aromatic rings. The molecule has 5 nitrogen and oxygen atoms in total. The summed E-state index contributed by atoms with van der Waals surface area (Å²) < 4.78 is 0. The second-order valence-electron chi connectivity index (χ2n) is 7.51. The Morgan fingerprint density at radius 2 is 1.81 bits per heavy atom. The van der Waals surface area contributed by atoms with E-state index in [4.69, 9.17) is 11.6 Å². The predicted octanol–water partition coefficient (Wildman–Crippen LogP) is 3.72. The minimum absolute atomic E-state index is 0.0612. The highest BCUT2D eigenvalue weighted by atomic mass is 35.5. The fraction of sp³-hybridized carbons (Fsp3) is 0.600. The highest BCUT2D eigenvalue weighted by molar-refractivity contribution is 6.32. The van der Waals surface area contributed by atoms with Gasteiger partial charge in [-0.3, -0.25) is 9.59 Å². The number of nitrogens with one attached hydrogen (secondary N) is 1. The maximum absolute atomic E-state index is 13.1. The molecule has 1 unspecified atom stereocenters. The van der Waals surface area contributed by atoms with Gasteiger partial charge in [0.1, 0.15) is 5.38 Å². The predicted molar refractivity (Wildman–Crippen MR) is 106 cm³/mol. The van der Waals surface area contributed by atoms with E-state index in [-0.39, 0.29) is 11.8 Å². The fourth-order valence-corrected chi connectivity index (χ4v) is 3.70. The first-order valence-corrected chi connectivity index (χ1v) is 10.0. The highest BCUT2D eigenvalue weighted by Crippen LogP contribution is 2.30. The molecule has 2 amide bonds. The van der Waals surface area contributed by atoms with Crippen molar-refractivity contribution in [1.82, 2.24) is 4.90 Å². The molecule has 2 saturated heterocycles. The molecule has 1 atom stereocenters. The smallest absolute Gasteiger partial charge is 0.256 e. The average Bonchev–Trinajstić information content (AvgIpc) is 3.16. The van der Waals surface area contributed by atoms with Crippen molar-refractivity contribution >= 4 is 34.8 Å². The van der Waals surface area contributed by atoms with Gasteiger partial charge in [0.05, 0.1) is 5.56 Å². The Hall–Kier alpha value is -1.75. The van der Waals surface area contributed by atoms with Gasteiger partial charge in [0, 0.05) is 37.6 Å². The Morgan fingerprint density at radius 1 is 1.15 bits per heavy atom. The van der Waals surface area contributed by atoms with Crippen LogP contribution in [0.5, 0.6) is 0 Å². The van der Waals surface area contributed by atoms with E-state index >= 15 is 0 Å². The van der Waals surface area contributed by atoms with Gasteiger partial charge in [-0.1, -0.05) is 6.92 Å². The molecule has 3 rings (SSSR count). The summed E-state index contributed by atoms with van der Waals surface area (Å²) in [6.07, 6.45) is 4.39. The number of hydrogen-bond acceptors (Lipinski definition) is 3. The maximum atomic E-state index is 13.1. The third-order valence-electron chi connectivity index (χ3n) is 5.37. The summed E-state index contributed by atoms with van der Waals surface area (Å²) in [5.41, 5.74) is 2.28. The van der Waals surface area contributed by atoms with Crippen LogP contribution in [0.1, 0.15) is 49.9 Å². The number of benzene rings is 1. The van der Waals surface area contributed by atoms with Gasteiger partial charge in [0.2, 0.25) is 5.91 Å². The number of carbonyl (C=O) groups is 2. The molecule has 0 aromatic heterocycles. The van der Waals surface area contributed by atoms with Gasteiger partial charge in [-0.05, 0) is 56.7 Å². The van der Waals surface area contributed by atoms with Gasteiger partial charge in [-0.2, -0.15) is 0 Å². The van der Waals surface area contributed by atoms with E-state index in [1.807, 2.05) is 23.1 Å². The number of piperidine rings is 1. The van der Waals surface area contributed by atoms with E-state index in [2.05, 4.69) is 17.1 Å². The van der Waals surface area contributed by atoms with Crippen LogP contribution in [0, 0.1) is 5.92 Å². The molecule has 0 aliphatic carbocycles. The van der Waals surface area contributed by atoms with Crippen LogP contribution in [0.4, 0.5) is 11.4 Å². The number of rotatable bonds is 4. The molecule has 2 fully saturated rings. The minimum atomic E-state index is -0.615. The molecule has 1 N–H and O–H groups in total. The summed E-state index contributed by atoms with van der Waals surface area (Å²) >= 11 is 5.86. The zero-order valence-corrected chi connectivity index (χ0v) is 16.4. The van der Waals surface area contributed by atoms with Gasteiger partial charge in [-0.25, -0.2) is 0 Å². The molecular weight excluding hydrogens is 350 g/mol. The van der Waals surface area contributed by atoms with E-state index in [0.717, 1.165) is 63.5 Å². The first kappa shape index (κ1) is 19.0. The SMILES string of the molecule is CC1CCN(c2ccc(NC(=O)C(C)Cl)cc2C(=O)N2CCCC2)CC1. The molecule has 0 radical (unpaired) electrons. The van der Waals surface area contributed by atoms with Crippen LogP contribution >= 0.6 is 11.6 Å². The lowest BCUT2D eigenvalue weighted by Gasteiger charge is -2.34. The summed E-state index contributed by atoms with van der Waals surface area (Å²) in [5, 5.41) is 2.19. The number of nitrogens with zero attached hydrogens (tertiary/aromatic N) is 2. The molecule has 0 spiro atoms. The summed E-state index contributed by atoms with van der Waals surface area (Å²) in [5.74, 6) is 0.532. The largest absolute Gasteiger partial charge is 0.371 e. The molecule has 2 heterocycles. The van der Waals surface area contributed by atoms with Gasteiger partial charge in [-0.15, -0.1) is 11.6 Å². The van der Waals surface area contributed by atoms with Crippen molar-refractivity contribution in [2.24, 2.45) is 5.92 Å². The molecule has 0 bridgehead atoms. The lowest BCUT2D eigenvalue weighted by atomic mass is 9.97. The van der Waals surface area contributed by atoms with E-state index in [9.17, 15) is 9.59 Å². The Kier molecular flexibility index (Phi) is 6.07.